The molecule has 2 heterocycles. The van der Waals surface area contributed by atoms with E-state index in [1.165, 1.54) is 13.2 Å². The third kappa shape index (κ3) is 1.67. The van der Waals surface area contributed by atoms with Crippen LogP contribution in [0.3, 0.4) is 0 Å². The first kappa shape index (κ1) is 11.0. The molecule has 0 aliphatic heterocycles. The fraction of sp³-hybridized carbons (Fsp3) is 0.375. The molecule has 0 amide bonds. The highest BCUT2D eigenvalue weighted by molar-refractivity contribution is 6.28. The van der Waals surface area contributed by atoms with E-state index in [-0.39, 0.29) is 16.3 Å². The van der Waals surface area contributed by atoms with Crippen molar-refractivity contribution in [3.8, 4) is 0 Å². The maximum absolute atomic E-state index is 12.2. The van der Waals surface area contributed by atoms with Crippen molar-refractivity contribution < 1.29 is 8.78 Å². The van der Waals surface area contributed by atoms with E-state index in [0.717, 1.165) is 9.25 Å². The van der Waals surface area contributed by atoms with Gasteiger partial charge in [0.25, 0.3) is 12.0 Å². The second-order valence-electron chi connectivity index (χ2n) is 3.20. The number of alkyl halides is 2. The van der Waals surface area contributed by atoms with E-state index in [2.05, 4.69) is 10.1 Å². The molecule has 16 heavy (non-hydrogen) atoms. The van der Waals surface area contributed by atoms with Gasteiger partial charge in [-0.1, -0.05) is 0 Å². The van der Waals surface area contributed by atoms with Gasteiger partial charge in [-0.25, -0.2) is 13.5 Å². The number of fused-ring (bicyclic) bond motifs is 1. The van der Waals surface area contributed by atoms with Crippen molar-refractivity contribution in [2.75, 3.05) is 0 Å². The van der Waals surface area contributed by atoms with Gasteiger partial charge in [-0.2, -0.15) is 10.1 Å². The second kappa shape index (κ2) is 3.82. The zero-order valence-corrected chi connectivity index (χ0v) is 8.95. The fourth-order valence-corrected chi connectivity index (χ4v) is 1.50. The van der Waals surface area contributed by atoms with Gasteiger partial charge in [-0.15, -0.1) is 0 Å². The maximum Gasteiger partial charge on any atom is 0.265 e. The molecule has 0 unspecified atom stereocenters. The summed E-state index contributed by atoms with van der Waals surface area (Å²) in [5.74, 6) is 0. The first-order valence-electron chi connectivity index (χ1n) is 4.37. The molecule has 0 radical (unpaired) electrons. The van der Waals surface area contributed by atoms with Crippen LogP contribution in [0, 0.1) is 0 Å². The fourth-order valence-electron chi connectivity index (χ4n) is 1.34. The molecule has 0 saturated heterocycles. The molecule has 5 nitrogen and oxygen atoms in total. The van der Waals surface area contributed by atoms with Crippen LogP contribution in [0.15, 0.2) is 11.0 Å². The number of aromatic nitrogens is 4. The van der Waals surface area contributed by atoms with Gasteiger partial charge in [-0.3, -0.25) is 9.36 Å². The Hall–Kier alpha value is -1.50. The van der Waals surface area contributed by atoms with E-state index in [9.17, 15) is 13.6 Å². The summed E-state index contributed by atoms with van der Waals surface area (Å²) in [4.78, 5) is 15.5. The standard InChI is InChI=1S/C8H7ClF2N4O/c1-14-7(16)4-2-12-15(3-5(10)11)6(4)13-8(14)9/h2,5H,3H2,1H3. The van der Waals surface area contributed by atoms with Crippen molar-refractivity contribution in [3.63, 3.8) is 0 Å². The average Bonchev–Trinajstić information content (AvgIpc) is 2.58. The van der Waals surface area contributed by atoms with Crippen LogP contribution in [-0.2, 0) is 13.6 Å². The molecule has 0 N–H and O–H groups in total. The predicted octanol–water partition coefficient (Wildman–Crippen LogP) is 1.05. The second-order valence-corrected chi connectivity index (χ2v) is 3.54. The minimum atomic E-state index is -2.56. The van der Waals surface area contributed by atoms with Crippen molar-refractivity contribution in [1.29, 1.82) is 0 Å². The Balaban J connectivity index is 2.69. The first-order chi connectivity index (χ1) is 7.50. The summed E-state index contributed by atoms with van der Waals surface area (Å²) in [5, 5.41) is 3.79. The Morgan fingerprint density at radius 2 is 2.25 bits per heavy atom. The molecule has 0 aliphatic rings. The highest BCUT2D eigenvalue weighted by Crippen LogP contribution is 2.11. The third-order valence-electron chi connectivity index (χ3n) is 2.13. The summed E-state index contributed by atoms with van der Waals surface area (Å²) in [6.45, 7) is -0.611. The zero-order chi connectivity index (χ0) is 11.9. The van der Waals surface area contributed by atoms with E-state index >= 15 is 0 Å². The monoisotopic (exact) mass is 248 g/mol. The normalized spacial score (nSPS) is 11.6. The van der Waals surface area contributed by atoms with Crippen LogP contribution in [0.25, 0.3) is 11.0 Å². The summed E-state index contributed by atoms with van der Waals surface area (Å²) in [6, 6.07) is 0. The van der Waals surface area contributed by atoms with E-state index in [1.807, 2.05) is 0 Å². The Morgan fingerprint density at radius 1 is 1.56 bits per heavy atom. The van der Waals surface area contributed by atoms with Crippen LogP contribution in [0.5, 0.6) is 0 Å². The average molecular weight is 249 g/mol. The molecule has 2 aromatic heterocycles. The summed E-state index contributed by atoms with van der Waals surface area (Å²) in [5.41, 5.74) is -0.330. The molecule has 2 aromatic rings. The first-order valence-corrected chi connectivity index (χ1v) is 4.74. The number of rotatable bonds is 2. The predicted molar refractivity (Wildman–Crippen MR) is 53.8 cm³/mol. The maximum atomic E-state index is 12.2. The van der Waals surface area contributed by atoms with Crippen molar-refractivity contribution in [1.82, 2.24) is 19.3 Å². The van der Waals surface area contributed by atoms with Crippen LogP contribution in [-0.4, -0.2) is 25.8 Å². The van der Waals surface area contributed by atoms with Gasteiger partial charge in [-0.05, 0) is 11.6 Å². The van der Waals surface area contributed by atoms with Crippen molar-refractivity contribution in [3.05, 3.63) is 21.8 Å². The van der Waals surface area contributed by atoms with Crippen LogP contribution in [0.4, 0.5) is 8.78 Å². The molecule has 86 valence electrons. The molecule has 0 atom stereocenters. The summed E-state index contributed by atoms with van der Waals surface area (Å²) in [7, 11) is 1.45. The van der Waals surface area contributed by atoms with Crippen molar-refractivity contribution >= 4 is 22.6 Å². The van der Waals surface area contributed by atoms with E-state index in [1.54, 1.807) is 0 Å². The number of nitrogens with zero attached hydrogens (tertiary/aromatic N) is 4. The molecule has 0 aliphatic carbocycles. The van der Waals surface area contributed by atoms with Crippen LogP contribution in [0.2, 0.25) is 5.28 Å². The Labute approximate surface area is 93.3 Å². The lowest BCUT2D eigenvalue weighted by Crippen LogP contribution is -2.19. The summed E-state index contributed by atoms with van der Waals surface area (Å²) in [6.07, 6.45) is -1.35. The van der Waals surface area contributed by atoms with Gasteiger partial charge in [0.05, 0.1) is 6.20 Å². The van der Waals surface area contributed by atoms with Gasteiger partial charge in [0.2, 0.25) is 5.28 Å². The van der Waals surface area contributed by atoms with Crippen LogP contribution in [0.1, 0.15) is 0 Å². The molecule has 2 rings (SSSR count). The highest BCUT2D eigenvalue weighted by atomic mass is 35.5. The van der Waals surface area contributed by atoms with Gasteiger partial charge in [0.15, 0.2) is 5.65 Å². The number of hydrogen-bond donors (Lipinski definition) is 0. The Kier molecular flexibility index (Phi) is 2.63. The molecule has 0 saturated carbocycles. The zero-order valence-electron chi connectivity index (χ0n) is 8.19. The highest BCUT2D eigenvalue weighted by Gasteiger charge is 2.14. The van der Waals surface area contributed by atoms with E-state index < -0.39 is 18.5 Å². The van der Waals surface area contributed by atoms with Gasteiger partial charge < -0.3 is 0 Å². The molecular weight excluding hydrogens is 242 g/mol. The van der Waals surface area contributed by atoms with Gasteiger partial charge >= 0.3 is 0 Å². The quantitative estimate of drug-likeness (QED) is 0.747. The molecule has 0 fully saturated rings. The number of halogens is 3. The largest absolute Gasteiger partial charge is 0.286 e. The number of hydrogen-bond acceptors (Lipinski definition) is 3. The van der Waals surface area contributed by atoms with Crippen molar-refractivity contribution in [2.45, 2.75) is 13.0 Å². The summed E-state index contributed by atoms with van der Waals surface area (Å²) >= 11 is 5.68. The van der Waals surface area contributed by atoms with Crippen LogP contribution < -0.4 is 5.56 Å². The lowest BCUT2D eigenvalue weighted by Gasteiger charge is -2.03. The molecular formula is C8H7ClF2N4O. The van der Waals surface area contributed by atoms with Crippen molar-refractivity contribution in [2.24, 2.45) is 7.05 Å². The topological polar surface area (TPSA) is 52.7 Å². The Bertz CT molecular complexity index is 591. The summed E-state index contributed by atoms with van der Waals surface area (Å²) < 4.78 is 26.5. The molecule has 8 heteroatoms. The smallest absolute Gasteiger partial charge is 0.265 e. The third-order valence-corrected chi connectivity index (χ3v) is 2.47. The van der Waals surface area contributed by atoms with Gasteiger partial charge in [0.1, 0.15) is 11.9 Å². The lowest BCUT2D eigenvalue weighted by molar-refractivity contribution is 0.123. The van der Waals surface area contributed by atoms with Gasteiger partial charge in [0, 0.05) is 7.05 Å². The molecule has 0 bridgehead atoms. The molecule has 0 spiro atoms. The van der Waals surface area contributed by atoms with E-state index in [0.29, 0.717) is 0 Å². The molecule has 0 aromatic carbocycles. The van der Waals surface area contributed by atoms with E-state index in [4.69, 9.17) is 11.6 Å². The minimum Gasteiger partial charge on any atom is -0.286 e. The lowest BCUT2D eigenvalue weighted by atomic mass is 10.4. The minimum absolute atomic E-state index is 0.0616. The Morgan fingerprint density at radius 3 is 2.88 bits per heavy atom. The van der Waals surface area contributed by atoms with Crippen LogP contribution >= 0.6 is 11.6 Å². The SMILES string of the molecule is Cn1c(Cl)nc2c(cnn2CC(F)F)c1=O.